The molecular weight excluding hydrogens is 240 g/mol. The third-order valence-corrected chi connectivity index (χ3v) is 3.02. The predicted molar refractivity (Wildman–Crippen MR) is 75.6 cm³/mol. The predicted octanol–water partition coefficient (Wildman–Crippen LogP) is 2.53. The molecule has 1 unspecified atom stereocenters. The van der Waals surface area contributed by atoms with Gasteiger partial charge in [0.1, 0.15) is 5.54 Å². The molecule has 0 aliphatic rings. The third-order valence-electron chi connectivity index (χ3n) is 3.02. The van der Waals surface area contributed by atoms with Crippen LogP contribution in [0.4, 0.5) is 0 Å². The van der Waals surface area contributed by atoms with Crippen LogP contribution in [0.15, 0.2) is 18.2 Å². The lowest BCUT2D eigenvalue weighted by Gasteiger charge is -2.23. The van der Waals surface area contributed by atoms with Crippen LogP contribution in [0.1, 0.15) is 25.8 Å². The van der Waals surface area contributed by atoms with E-state index in [1.165, 1.54) is 0 Å². The maximum Gasteiger partial charge on any atom is 0.160 e. The summed E-state index contributed by atoms with van der Waals surface area (Å²) in [6, 6.07) is 8.09. The fraction of sp³-hybridized carbons (Fsp3) is 0.533. The highest BCUT2D eigenvalue weighted by Gasteiger charge is 2.23. The van der Waals surface area contributed by atoms with Crippen LogP contribution in [0.25, 0.3) is 0 Å². The molecule has 0 bridgehead atoms. The first-order valence-corrected chi connectivity index (χ1v) is 6.45. The van der Waals surface area contributed by atoms with Gasteiger partial charge in [0.25, 0.3) is 0 Å². The van der Waals surface area contributed by atoms with Gasteiger partial charge in [-0.2, -0.15) is 5.26 Å². The van der Waals surface area contributed by atoms with Crippen LogP contribution in [0, 0.1) is 11.3 Å². The molecule has 0 saturated heterocycles. The first-order valence-electron chi connectivity index (χ1n) is 6.45. The van der Waals surface area contributed by atoms with Crippen LogP contribution >= 0.6 is 0 Å². The van der Waals surface area contributed by atoms with Crippen molar-refractivity contribution in [2.75, 3.05) is 20.8 Å². The Bertz CT molecular complexity index is 454. The summed E-state index contributed by atoms with van der Waals surface area (Å²) in [5.41, 5.74) is 0.487. The summed E-state index contributed by atoms with van der Waals surface area (Å²) < 4.78 is 10.5. The number of benzene rings is 1. The van der Waals surface area contributed by atoms with Crippen molar-refractivity contribution < 1.29 is 9.47 Å². The highest BCUT2D eigenvalue weighted by atomic mass is 16.5. The summed E-state index contributed by atoms with van der Waals surface area (Å²) in [5.74, 6) is 1.39. The normalized spacial score (nSPS) is 13.4. The van der Waals surface area contributed by atoms with E-state index in [1.807, 2.05) is 25.1 Å². The van der Waals surface area contributed by atoms with Crippen molar-refractivity contribution in [3.8, 4) is 17.6 Å². The first-order chi connectivity index (χ1) is 9.08. The van der Waals surface area contributed by atoms with E-state index in [2.05, 4.69) is 18.3 Å². The van der Waals surface area contributed by atoms with Crippen LogP contribution in [0.3, 0.4) is 0 Å². The Morgan fingerprint density at radius 3 is 2.47 bits per heavy atom. The molecule has 0 spiro atoms. The van der Waals surface area contributed by atoms with Crippen LogP contribution < -0.4 is 14.8 Å². The summed E-state index contributed by atoms with van der Waals surface area (Å²) in [4.78, 5) is 0. The smallest absolute Gasteiger partial charge is 0.160 e. The first kappa shape index (κ1) is 15.3. The number of hydrogen-bond donors (Lipinski definition) is 1. The molecule has 4 heteroatoms. The minimum atomic E-state index is -0.560. The number of methoxy groups -OCH3 is 2. The molecule has 0 aromatic heterocycles. The molecule has 1 N–H and O–H groups in total. The van der Waals surface area contributed by atoms with Crippen molar-refractivity contribution in [1.29, 1.82) is 5.26 Å². The van der Waals surface area contributed by atoms with Gasteiger partial charge in [0.15, 0.2) is 11.5 Å². The lowest BCUT2D eigenvalue weighted by molar-refractivity contribution is 0.354. The van der Waals surface area contributed by atoms with Gasteiger partial charge in [0.2, 0.25) is 0 Å². The zero-order valence-electron chi connectivity index (χ0n) is 12.1. The zero-order valence-corrected chi connectivity index (χ0v) is 12.1. The Hall–Kier alpha value is -1.73. The minimum Gasteiger partial charge on any atom is -0.493 e. The van der Waals surface area contributed by atoms with Gasteiger partial charge in [-0.15, -0.1) is 0 Å². The molecule has 0 aliphatic carbocycles. The molecule has 1 rings (SSSR count). The second kappa shape index (κ2) is 7.01. The average Bonchev–Trinajstić information content (AvgIpc) is 2.45. The van der Waals surface area contributed by atoms with E-state index in [0.29, 0.717) is 17.9 Å². The highest BCUT2D eigenvalue weighted by Crippen LogP contribution is 2.28. The summed E-state index contributed by atoms with van der Waals surface area (Å²) in [5, 5.41) is 12.6. The number of rotatable bonds is 7. The lowest BCUT2D eigenvalue weighted by atomic mass is 9.94. The number of nitriles is 1. The van der Waals surface area contributed by atoms with Gasteiger partial charge in [0, 0.05) is 6.42 Å². The molecule has 19 heavy (non-hydrogen) atoms. The van der Waals surface area contributed by atoms with Gasteiger partial charge in [-0.05, 0) is 37.6 Å². The van der Waals surface area contributed by atoms with Crippen molar-refractivity contribution in [2.24, 2.45) is 0 Å². The van der Waals surface area contributed by atoms with E-state index in [-0.39, 0.29) is 0 Å². The van der Waals surface area contributed by atoms with Gasteiger partial charge < -0.3 is 9.47 Å². The monoisotopic (exact) mass is 262 g/mol. The van der Waals surface area contributed by atoms with E-state index in [9.17, 15) is 5.26 Å². The Balaban J connectivity index is 2.89. The van der Waals surface area contributed by atoms with Crippen LogP contribution in [0.2, 0.25) is 0 Å². The molecule has 0 amide bonds. The van der Waals surface area contributed by atoms with Gasteiger partial charge in [0.05, 0.1) is 20.3 Å². The van der Waals surface area contributed by atoms with Gasteiger partial charge in [-0.1, -0.05) is 13.0 Å². The molecule has 4 nitrogen and oxygen atoms in total. The van der Waals surface area contributed by atoms with E-state index < -0.39 is 5.54 Å². The van der Waals surface area contributed by atoms with E-state index in [4.69, 9.17) is 9.47 Å². The second-order valence-corrected chi connectivity index (χ2v) is 4.74. The number of nitrogens with zero attached hydrogens (tertiary/aromatic N) is 1. The fourth-order valence-corrected chi connectivity index (χ4v) is 1.94. The standard InChI is InChI=1S/C15H22N2O2/c1-5-8-17-15(2,11-16)10-12-6-7-13(18-3)14(9-12)19-4/h6-7,9,17H,5,8,10H2,1-4H3. The molecule has 0 heterocycles. The van der Waals surface area contributed by atoms with E-state index in [0.717, 1.165) is 18.5 Å². The topological polar surface area (TPSA) is 54.3 Å². The molecule has 1 aromatic carbocycles. The van der Waals surface area contributed by atoms with Gasteiger partial charge >= 0.3 is 0 Å². The molecule has 1 atom stereocenters. The van der Waals surface area contributed by atoms with Crippen LogP contribution in [-0.4, -0.2) is 26.3 Å². The third kappa shape index (κ3) is 4.15. The van der Waals surface area contributed by atoms with Crippen molar-refractivity contribution in [3.05, 3.63) is 23.8 Å². The summed E-state index contributed by atoms with van der Waals surface area (Å²) in [7, 11) is 3.22. The van der Waals surface area contributed by atoms with E-state index >= 15 is 0 Å². The number of hydrogen-bond acceptors (Lipinski definition) is 4. The maximum absolute atomic E-state index is 9.33. The molecule has 0 saturated carbocycles. The number of nitrogens with one attached hydrogen (secondary N) is 1. The quantitative estimate of drug-likeness (QED) is 0.820. The second-order valence-electron chi connectivity index (χ2n) is 4.74. The van der Waals surface area contributed by atoms with Crippen molar-refractivity contribution in [3.63, 3.8) is 0 Å². The summed E-state index contributed by atoms with van der Waals surface area (Å²) in [6.07, 6.45) is 1.63. The van der Waals surface area contributed by atoms with Crippen molar-refractivity contribution >= 4 is 0 Å². The summed E-state index contributed by atoms with van der Waals surface area (Å²) in [6.45, 7) is 4.83. The van der Waals surface area contributed by atoms with Crippen molar-refractivity contribution in [2.45, 2.75) is 32.2 Å². The Morgan fingerprint density at radius 2 is 1.95 bits per heavy atom. The maximum atomic E-state index is 9.33. The molecule has 0 radical (unpaired) electrons. The molecule has 104 valence electrons. The SMILES string of the molecule is CCCNC(C)(C#N)Cc1ccc(OC)c(OC)c1. The van der Waals surface area contributed by atoms with Crippen LogP contribution in [-0.2, 0) is 6.42 Å². The van der Waals surface area contributed by atoms with Gasteiger partial charge in [-0.25, -0.2) is 0 Å². The highest BCUT2D eigenvalue weighted by molar-refractivity contribution is 5.43. The Kier molecular flexibility index (Phi) is 5.65. The molecular formula is C15H22N2O2. The molecule has 0 aliphatic heterocycles. The Labute approximate surface area is 115 Å². The zero-order chi connectivity index (χ0) is 14.3. The van der Waals surface area contributed by atoms with Gasteiger partial charge in [-0.3, -0.25) is 5.32 Å². The fourth-order valence-electron chi connectivity index (χ4n) is 1.94. The van der Waals surface area contributed by atoms with Crippen LogP contribution in [0.5, 0.6) is 11.5 Å². The largest absolute Gasteiger partial charge is 0.493 e. The molecule has 1 aromatic rings. The molecule has 0 fully saturated rings. The Morgan fingerprint density at radius 1 is 1.26 bits per heavy atom. The summed E-state index contributed by atoms with van der Waals surface area (Å²) >= 11 is 0. The average molecular weight is 262 g/mol. The number of ether oxygens (including phenoxy) is 2. The minimum absolute atomic E-state index is 0.560. The van der Waals surface area contributed by atoms with E-state index in [1.54, 1.807) is 14.2 Å². The van der Waals surface area contributed by atoms with Crippen molar-refractivity contribution in [1.82, 2.24) is 5.32 Å². The lowest BCUT2D eigenvalue weighted by Crippen LogP contribution is -2.43.